The Hall–Kier alpha value is -3.48. The molecule has 3 heterocycles. The van der Waals surface area contributed by atoms with Gasteiger partial charge >= 0.3 is 0 Å². The van der Waals surface area contributed by atoms with E-state index in [-0.39, 0.29) is 6.04 Å². The fourth-order valence-electron chi connectivity index (χ4n) is 3.47. The third-order valence-corrected chi connectivity index (χ3v) is 5.01. The van der Waals surface area contributed by atoms with Gasteiger partial charge in [0.15, 0.2) is 17.3 Å². The molecule has 156 valence electrons. The summed E-state index contributed by atoms with van der Waals surface area (Å²) in [5.74, 6) is 2.27. The van der Waals surface area contributed by atoms with Gasteiger partial charge in [-0.05, 0) is 45.0 Å². The van der Waals surface area contributed by atoms with Crippen LogP contribution in [0.5, 0.6) is 5.75 Å². The minimum atomic E-state index is -0.0682. The molecular formula is C23H27N5O2. The summed E-state index contributed by atoms with van der Waals surface area (Å²) in [5, 5.41) is 7.73. The van der Waals surface area contributed by atoms with E-state index >= 15 is 0 Å². The highest BCUT2D eigenvalue weighted by molar-refractivity contribution is 5.84. The molecule has 1 aromatic carbocycles. The number of hydrogen-bond donors (Lipinski definition) is 2. The molecule has 0 aliphatic heterocycles. The van der Waals surface area contributed by atoms with E-state index < -0.39 is 0 Å². The normalized spacial score (nSPS) is 13.0. The van der Waals surface area contributed by atoms with Gasteiger partial charge in [-0.3, -0.25) is 4.99 Å². The molecule has 0 aliphatic rings. The van der Waals surface area contributed by atoms with Crippen molar-refractivity contribution in [3.05, 3.63) is 65.8 Å². The van der Waals surface area contributed by atoms with Gasteiger partial charge in [-0.15, -0.1) is 0 Å². The lowest BCUT2D eigenvalue weighted by atomic mass is 10.2. The number of aromatic nitrogens is 2. The summed E-state index contributed by atoms with van der Waals surface area (Å²) in [6, 6.07) is 14.0. The molecule has 0 amide bonds. The average molecular weight is 406 g/mol. The number of aliphatic imine (C=N–C) groups is 1. The van der Waals surface area contributed by atoms with Crippen LogP contribution >= 0.6 is 0 Å². The second-order valence-electron chi connectivity index (χ2n) is 7.18. The van der Waals surface area contributed by atoms with Gasteiger partial charge in [-0.25, -0.2) is 4.98 Å². The van der Waals surface area contributed by atoms with Crippen molar-refractivity contribution in [1.82, 2.24) is 20.0 Å². The molecule has 7 heteroatoms. The van der Waals surface area contributed by atoms with Crippen molar-refractivity contribution in [1.29, 1.82) is 0 Å². The lowest BCUT2D eigenvalue weighted by Crippen LogP contribution is -2.38. The molecule has 0 fully saturated rings. The molecule has 3 aromatic heterocycles. The molecule has 4 aromatic rings. The van der Waals surface area contributed by atoms with E-state index in [0.717, 1.165) is 39.5 Å². The first-order valence-electron chi connectivity index (χ1n) is 10.1. The Morgan fingerprint density at radius 2 is 2.10 bits per heavy atom. The number of nitrogens with one attached hydrogen (secondary N) is 2. The van der Waals surface area contributed by atoms with Crippen molar-refractivity contribution in [3.8, 4) is 5.75 Å². The number of hydrogen-bond acceptors (Lipinski definition) is 4. The first-order valence-corrected chi connectivity index (χ1v) is 10.1. The standard InChI is InChI=1S/C23H27N5O2/c1-5-29-19-10-7-9-17-12-20(30-22(17)19)16(3)26-23(24-4)25-13-18-14-28-15(2)8-6-11-21(28)27-18/h6-12,14,16H,5,13H2,1-4H3,(H2,24,25,26). The number of benzene rings is 1. The number of aryl methyl sites for hydroxylation is 1. The summed E-state index contributed by atoms with van der Waals surface area (Å²) >= 11 is 0. The molecule has 0 saturated heterocycles. The van der Waals surface area contributed by atoms with Crippen LogP contribution in [0.15, 0.2) is 58.1 Å². The predicted octanol–water partition coefficient (Wildman–Crippen LogP) is 4.21. The van der Waals surface area contributed by atoms with E-state index in [1.165, 1.54) is 0 Å². The highest BCUT2D eigenvalue weighted by Gasteiger charge is 2.15. The van der Waals surface area contributed by atoms with E-state index in [4.69, 9.17) is 9.15 Å². The van der Waals surface area contributed by atoms with Gasteiger partial charge in [0.1, 0.15) is 11.4 Å². The van der Waals surface area contributed by atoms with Crippen molar-refractivity contribution in [2.24, 2.45) is 4.99 Å². The quantitative estimate of drug-likeness (QED) is 0.371. The van der Waals surface area contributed by atoms with Crippen LogP contribution in [-0.4, -0.2) is 29.0 Å². The lowest BCUT2D eigenvalue weighted by molar-refractivity contribution is 0.336. The number of para-hydroxylation sites is 1. The van der Waals surface area contributed by atoms with Crippen LogP contribution in [0.4, 0.5) is 0 Å². The Labute approximate surface area is 175 Å². The van der Waals surface area contributed by atoms with Crippen LogP contribution < -0.4 is 15.4 Å². The maximum atomic E-state index is 6.09. The third-order valence-electron chi connectivity index (χ3n) is 5.01. The zero-order chi connectivity index (χ0) is 21.1. The Kier molecular flexibility index (Phi) is 5.61. The summed E-state index contributed by atoms with van der Waals surface area (Å²) in [4.78, 5) is 8.99. The zero-order valence-electron chi connectivity index (χ0n) is 17.8. The molecule has 0 saturated carbocycles. The van der Waals surface area contributed by atoms with Crippen LogP contribution in [0.2, 0.25) is 0 Å². The van der Waals surface area contributed by atoms with Crippen LogP contribution in [0.25, 0.3) is 16.6 Å². The molecule has 2 N–H and O–H groups in total. The first-order chi connectivity index (χ1) is 14.6. The molecule has 0 spiro atoms. The van der Waals surface area contributed by atoms with Crippen LogP contribution in [0, 0.1) is 6.92 Å². The first kappa shape index (κ1) is 19.8. The molecular weight excluding hydrogens is 378 g/mol. The van der Waals surface area contributed by atoms with Crippen molar-refractivity contribution >= 4 is 22.6 Å². The number of rotatable bonds is 6. The highest BCUT2D eigenvalue weighted by atomic mass is 16.5. The number of fused-ring (bicyclic) bond motifs is 2. The molecule has 1 unspecified atom stereocenters. The summed E-state index contributed by atoms with van der Waals surface area (Å²) in [6.45, 7) is 7.24. The summed E-state index contributed by atoms with van der Waals surface area (Å²) in [7, 11) is 1.75. The Morgan fingerprint density at radius 1 is 1.27 bits per heavy atom. The SMILES string of the molecule is CCOc1cccc2cc(C(C)NC(=NC)NCc3cn4c(C)cccc4n3)oc12. The maximum absolute atomic E-state index is 6.09. The Morgan fingerprint density at radius 3 is 2.87 bits per heavy atom. The second-order valence-corrected chi connectivity index (χ2v) is 7.18. The molecule has 30 heavy (non-hydrogen) atoms. The Balaban J connectivity index is 1.44. The zero-order valence-corrected chi connectivity index (χ0v) is 17.8. The summed E-state index contributed by atoms with van der Waals surface area (Å²) < 4.78 is 13.8. The largest absolute Gasteiger partial charge is 0.490 e. The molecule has 0 aliphatic carbocycles. The van der Waals surface area contributed by atoms with Gasteiger partial charge in [-0.1, -0.05) is 18.2 Å². The fraction of sp³-hybridized carbons (Fsp3) is 0.304. The minimum Gasteiger partial charge on any atom is -0.490 e. The average Bonchev–Trinajstić information content (AvgIpc) is 3.36. The van der Waals surface area contributed by atoms with Crippen molar-refractivity contribution < 1.29 is 9.15 Å². The number of imidazole rings is 1. The predicted molar refractivity (Wildman–Crippen MR) is 119 cm³/mol. The van der Waals surface area contributed by atoms with Crippen molar-refractivity contribution in [3.63, 3.8) is 0 Å². The summed E-state index contributed by atoms with van der Waals surface area (Å²) in [6.07, 6.45) is 2.04. The van der Waals surface area contributed by atoms with E-state index in [0.29, 0.717) is 19.1 Å². The smallest absolute Gasteiger partial charge is 0.191 e. The number of nitrogens with zero attached hydrogens (tertiary/aromatic N) is 3. The molecule has 4 rings (SSSR count). The number of pyridine rings is 1. The third kappa shape index (κ3) is 3.96. The van der Waals surface area contributed by atoms with E-state index in [1.54, 1.807) is 7.05 Å². The van der Waals surface area contributed by atoms with Gasteiger partial charge < -0.3 is 24.2 Å². The summed E-state index contributed by atoms with van der Waals surface area (Å²) in [5.41, 5.74) is 3.81. The topological polar surface area (TPSA) is 76.1 Å². The number of ether oxygens (including phenoxy) is 1. The molecule has 0 bridgehead atoms. The van der Waals surface area contributed by atoms with E-state index in [2.05, 4.69) is 38.0 Å². The van der Waals surface area contributed by atoms with Crippen molar-refractivity contribution in [2.45, 2.75) is 33.4 Å². The minimum absolute atomic E-state index is 0.0682. The number of furan rings is 1. The van der Waals surface area contributed by atoms with E-state index in [9.17, 15) is 0 Å². The molecule has 0 radical (unpaired) electrons. The van der Waals surface area contributed by atoms with Gasteiger partial charge in [0.05, 0.1) is 24.9 Å². The van der Waals surface area contributed by atoms with Gasteiger partial charge in [0.2, 0.25) is 0 Å². The highest BCUT2D eigenvalue weighted by Crippen LogP contribution is 2.31. The van der Waals surface area contributed by atoms with Crippen LogP contribution in [-0.2, 0) is 6.54 Å². The van der Waals surface area contributed by atoms with E-state index in [1.807, 2.05) is 56.4 Å². The number of guanidine groups is 1. The van der Waals surface area contributed by atoms with Gasteiger partial charge in [0.25, 0.3) is 0 Å². The van der Waals surface area contributed by atoms with Crippen LogP contribution in [0.1, 0.15) is 37.0 Å². The van der Waals surface area contributed by atoms with Crippen LogP contribution in [0.3, 0.4) is 0 Å². The van der Waals surface area contributed by atoms with Crippen molar-refractivity contribution in [2.75, 3.05) is 13.7 Å². The second kappa shape index (κ2) is 8.49. The maximum Gasteiger partial charge on any atom is 0.191 e. The molecule has 7 nitrogen and oxygen atoms in total. The lowest BCUT2D eigenvalue weighted by Gasteiger charge is -2.15. The van der Waals surface area contributed by atoms with Gasteiger partial charge in [0, 0.05) is 24.3 Å². The van der Waals surface area contributed by atoms with Gasteiger partial charge in [-0.2, -0.15) is 0 Å². The monoisotopic (exact) mass is 405 g/mol. The molecule has 1 atom stereocenters. The fourth-order valence-corrected chi connectivity index (χ4v) is 3.47. The Bertz CT molecular complexity index is 1190.